The van der Waals surface area contributed by atoms with E-state index in [1.807, 2.05) is 13.0 Å². The van der Waals surface area contributed by atoms with Gasteiger partial charge in [0, 0.05) is 0 Å². The van der Waals surface area contributed by atoms with Crippen molar-refractivity contribution in [2.24, 2.45) is 5.14 Å². The third kappa shape index (κ3) is 2.10. The summed E-state index contributed by atoms with van der Waals surface area (Å²) in [6.45, 7) is 1.81. The zero-order valence-corrected chi connectivity index (χ0v) is 8.50. The first kappa shape index (κ1) is 10.7. The van der Waals surface area contributed by atoms with Gasteiger partial charge in [-0.1, -0.05) is 6.92 Å². The number of nitrogens with zero attached hydrogens (tertiary/aromatic N) is 1. The molecule has 1 aromatic rings. The molecule has 5 heteroatoms. The van der Waals surface area contributed by atoms with Crippen LogP contribution in [0, 0.1) is 11.3 Å². The van der Waals surface area contributed by atoms with Crippen molar-refractivity contribution in [1.29, 1.82) is 5.26 Å². The molecule has 0 aromatic heterocycles. The Balaban J connectivity index is 3.42. The summed E-state index contributed by atoms with van der Waals surface area (Å²) in [7, 11) is -3.68. The van der Waals surface area contributed by atoms with Gasteiger partial charge in [-0.15, -0.1) is 0 Å². The molecule has 0 aliphatic carbocycles. The van der Waals surface area contributed by atoms with E-state index in [1.54, 1.807) is 6.07 Å². The maximum Gasteiger partial charge on any atom is 0.238 e. The second-order valence-corrected chi connectivity index (χ2v) is 4.36. The molecular formula is C9H10N2O2S. The van der Waals surface area contributed by atoms with Crippen LogP contribution in [0.25, 0.3) is 0 Å². The first-order valence-corrected chi connectivity index (χ1v) is 5.59. The van der Waals surface area contributed by atoms with Crippen LogP contribution in [0.5, 0.6) is 0 Å². The van der Waals surface area contributed by atoms with Crippen LogP contribution in [0.3, 0.4) is 0 Å². The normalized spacial score (nSPS) is 10.9. The van der Waals surface area contributed by atoms with Crippen molar-refractivity contribution in [3.63, 3.8) is 0 Å². The molecular weight excluding hydrogens is 200 g/mol. The van der Waals surface area contributed by atoms with E-state index in [0.29, 0.717) is 17.5 Å². The molecule has 0 heterocycles. The lowest BCUT2D eigenvalue weighted by Gasteiger charge is -2.04. The quantitative estimate of drug-likeness (QED) is 0.782. The van der Waals surface area contributed by atoms with Gasteiger partial charge in [0.05, 0.1) is 16.5 Å². The third-order valence-corrected chi connectivity index (χ3v) is 2.89. The fourth-order valence-corrected chi connectivity index (χ4v) is 2.03. The standard InChI is InChI=1S/C9H10N2O2S/c1-2-8-5-7(6-10)3-4-9(8)14(11,12)13/h3-5H,2H2,1H3,(H2,11,12,13). The van der Waals surface area contributed by atoms with Gasteiger partial charge in [0.15, 0.2) is 0 Å². The second-order valence-electron chi connectivity index (χ2n) is 2.83. The van der Waals surface area contributed by atoms with Gasteiger partial charge in [-0.3, -0.25) is 0 Å². The second kappa shape index (κ2) is 3.78. The monoisotopic (exact) mass is 210 g/mol. The summed E-state index contributed by atoms with van der Waals surface area (Å²) in [5, 5.41) is 13.6. The number of rotatable bonds is 2. The van der Waals surface area contributed by atoms with E-state index in [4.69, 9.17) is 10.4 Å². The highest BCUT2D eigenvalue weighted by Crippen LogP contribution is 2.16. The summed E-state index contributed by atoms with van der Waals surface area (Å²) in [4.78, 5) is 0.0963. The fraction of sp³-hybridized carbons (Fsp3) is 0.222. The number of nitriles is 1. The molecule has 0 radical (unpaired) electrons. The number of sulfonamides is 1. The van der Waals surface area contributed by atoms with Crippen LogP contribution >= 0.6 is 0 Å². The molecule has 0 spiro atoms. The Kier molecular flexibility index (Phi) is 2.89. The van der Waals surface area contributed by atoms with E-state index < -0.39 is 10.0 Å². The summed E-state index contributed by atoms with van der Waals surface area (Å²) in [5.74, 6) is 0. The first-order chi connectivity index (χ1) is 6.49. The van der Waals surface area contributed by atoms with Gasteiger partial charge in [-0.2, -0.15) is 5.26 Å². The van der Waals surface area contributed by atoms with E-state index in [9.17, 15) is 8.42 Å². The smallest absolute Gasteiger partial charge is 0.225 e. The minimum atomic E-state index is -3.68. The molecule has 0 unspecified atom stereocenters. The Bertz CT molecular complexity index is 486. The van der Waals surface area contributed by atoms with Crippen molar-refractivity contribution >= 4 is 10.0 Å². The molecule has 14 heavy (non-hydrogen) atoms. The zero-order valence-electron chi connectivity index (χ0n) is 7.69. The Morgan fingerprint density at radius 2 is 2.14 bits per heavy atom. The summed E-state index contributed by atoms with van der Waals surface area (Å²) >= 11 is 0. The number of aryl methyl sites for hydroxylation is 1. The van der Waals surface area contributed by atoms with Crippen LogP contribution in [0.15, 0.2) is 23.1 Å². The largest absolute Gasteiger partial charge is 0.238 e. The molecule has 4 nitrogen and oxygen atoms in total. The molecule has 0 fully saturated rings. The molecule has 1 aromatic carbocycles. The fourth-order valence-electron chi connectivity index (χ4n) is 1.20. The lowest BCUT2D eigenvalue weighted by Crippen LogP contribution is -2.14. The van der Waals surface area contributed by atoms with Crippen molar-refractivity contribution in [3.05, 3.63) is 29.3 Å². The van der Waals surface area contributed by atoms with Crippen molar-refractivity contribution in [1.82, 2.24) is 0 Å². The van der Waals surface area contributed by atoms with Gasteiger partial charge in [0.2, 0.25) is 10.0 Å². The third-order valence-electron chi connectivity index (χ3n) is 1.88. The maximum absolute atomic E-state index is 11.1. The van der Waals surface area contributed by atoms with E-state index >= 15 is 0 Å². The maximum atomic E-state index is 11.1. The van der Waals surface area contributed by atoms with Crippen molar-refractivity contribution < 1.29 is 8.42 Å². The van der Waals surface area contributed by atoms with Crippen molar-refractivity contribution in [2.45, 2.75) is 18.2 Å². The highest BCUT2D eigenvalue weighted by Gasteiger charge is 2.12. The van der Waals surface area contributed by atoms with Gasteiger partial charge in [-0.25, -0.2) is 13.6 Å². The molecule has 0 amide bonds. The Morgan fingerprint density at radius 1 is 1.50 bits per heavy atom. The average Bonchev–Trinajstić information content (AvgIpc) is 2.15. The lowest BCUT2D eigenvalue weighted by atomic mass is 10.1. The number of hydrogen-bond acceptors (Lipinski definition) is 3. The van der Waals surface area contributed by atoms with Crippen molar-refractivity contribution in [2.75, 3.05) is 0 Å². The summed E-state index contributed by atoms with van der Waals surface area (Å²) in [5.41, 5.74) is 1.01. The molecule has 2 N–H and O–H groups in total. The van der Waals surface area contributed by atoms with Gasteiger partial charge >= 0.3 is 0 Å². The molecule has 0 atom stereocenters. The predicted molar refractivity (Wildman–Crippen MR) is 51.9 cm³/mol. The Morgan fingerprint density at radius 3 is 2.57 bits per heavy atom. The van der Waals surface area contributed by atoms with Gasteiger partial charge in [0.1, 0.15) is 0 Å². The SMILES string of the molecule is CCc1cc(C#N)ccc1S(N)(=O)=O. The topological polar surface area (TPSA) is 83.9 Å². The first-order valence-electron chi connectivity index (χ1n) is 4.05. The van der Waals surface area contributed by atoms with E-state index in [2.05, 4.69) is 0 Å². The lowest BCUT2D eigenvalue weighted by molar-refractivity contribution is 0.596. The molecule has 0 aliphatic heterocycles. The van der Waals surface area contributed by atoms with Crippen LogP contribution < -0.4 is 5.14 Å². The highest BCUT2D eigenvalue weighted by molar-refractivity contribution is 7.89. The average molecular weight is 210 g/mol. The molecule has 1 rings (SSSR count). The number of hydrogen-bond donors (Lipinski definition) is 1. The molecule has 0 saturated carbocycles. The predicted octanol–water partition coefficient (Wildman–Crippen LogP) is 0.768. The molecule has 0 bridgehead atoms. The summed E-state index contributed by atoms with van der Waals surface area (Å²) in [6, 6.07) is 6.30. The minimum Gasteiger partial charge on any atom is -0.225 e. The summed E-state index contributed by atoms with van der Waals surface area (Å²) in [6.07, 6.45) is 0.529. The van der Waals surface area contributed by atoms with Crippen LogP contribution in [0.2, 0.25) is 0 Å². The number of nitrogens with two attached hydrogens (primary N) is 1. The van der Waals surface area contributed by atoms with E-state index in [1.165, 1.54) is 12.1 Å². The van der Waals surface area contributed by atoms with E-state index in [-0.39, 0.29) is 4.90 Å². The molecule has 74 valence electrons. The number of primary sulfonamides is 1. The molecule has 0 saturated heterocycles. The van der Waals surface area contributed by atoms with Crippen LogP contribution in [-0.2, 0) is 16.4 Å². The summed E-state index contributed by atoms with van der Waals surface area (Å²) < 4.78 is 22.2. The van der Waals surface area contributed by atoms with Crippen LogP contribution in [-0.4, -0.2) is 8.42 Å². The minimum absolute atomic E-state index is 0.0963. The van der Waals surface area contributed by atoms with Crippen LogP contribution in [0.1, 0.15) is 18.1 Å². The Labute approximate surface area is 83.0 Å². The zero-order chi connectivity index (χ0) is 10.8. The van der Waals surface area contributed by atoms with Gasteiger partial charge in [0.25, 0.3) is 0 Å². The number of benzene rings is 1. The van der Waals surface area contributed by atoms with E-state index in [0.717, 1.165) is 0 Å². The van der Waals surface area contributed by atoms with Gasteiger partial charge < -0.3 is 0 Å². The van der Waals surface area contributed by atoms with Gasteiger partial charge in [-0.05, 0) is 30.2 Å². The molecule has 0 aliphatic rings. The highest BCUT2D eigenvalue weighted by atomic mass is 32.2. The Hall–Kier alpha value is -1.38. The van der Waals surface area contributed by atoms with Crippen molar-refractivity contribution in [3.8, 4) is 6.07 Å². The van der Waals surface area contributed by atoms with Crippen LogP contribution in [0.4, 0.5) is 0 Å².